The molecule has 20 heavy (non-hydrogen) atoms. The molecular formula is C17H25N3. The largest absolute Gasteiger partial charge is 0.314 e. The monoisotopic (exact) mass is 271 g/mol. The van der Waals surface area contributed by atoms with Gasteiger partial charge in [-0.2, -0.15) is 5.10 Å². The fourth-order valence-electron chi connectivity index (χ4n) is 2.31. The molecule has 108 valence electrons. The first-order valence-corrected chi connectivity index (χ1v) is 7.50. The molecule has 0 bridgehead atoms. The molecule has 1 unspecified atom stereocenters. The van der Waals surface area contributed by atoms with E-state index in [4.69, 9.17) is 0 Å². The maximum Gasteiger partial charge on any atom is 0.0518 e. The lowest BCUT2D eigenvalue weighted by Gasteiger charge is -2.13. The van der Waals surface area contributed by atoms with E-state index < -0.39 is 0 Å². The second kappa shape index (κ2) is 7.85. The number of aryl methyl sites for hydroxylation is 3. The fraction of sp³-hybridized carbons (Fsp3) is 0.471. The third-order valence-electron chi connectivity index (χ3n) is 3.53. The van der Waals surface area contributed by atoms with Crippen LogP contribution in [0, 0.1) is 6.92 Å². The van der Waals surface area contributed by atoms with Crippen LogP contribution < -0.4 is 5.32 Å². The van der Waals surface area contributed by atoms with Crippen LogP contribution in [-0.2, 0) is 13.0 Å². The minimum atomic E-state index is 0.564. The molecule has 1 atom stereocenters. The van der Waals surface area contributed by atoms with Crippen LogP contribution in [0.5, 0.6) is 0 Å². The molecule has 1 aromatic carbocycles. The maximum atomic E-state index is 4.30. The Kier molecular flexibility index (Phi) is 5.81. The summed E-state index contributed by atoms with van der Waals surface area (Å²) in [6.45, 7) is 6.38. The van der Waals surface area contributed by atoms with Gasteiger partial charge in [0.2, 0.25) is 0 Å². The molecule has 0 amide bonds. The summed E-state index contributed by atoms with van der Waals surface area (Å²) in [4.78, 5) is 0. The molecule has 1 heterocycles. The van der Waals surface area contributed by atoms with Crippen LogP contribution >= 0.6 is 0 Å². The Morgan fingerprint density at radius 2 is 2.05 bits per heavy atom. The van der Waals surface area contributed by atoms with Gasteiger partial charge in [-0.05, 0) is 50.8 Å². The fourth-order valence-corrected chi connectivity index (χ4v) is 2.31. The lowest BCUT2D eigenvalue weighted by Crippen LogP contribution is -2.28. The lowest BCUT2D eigenvalue weighted by molar-refractivity contribution is 0.478. The predicted molar refractivity (Wildman–Crippen MR) is 83.8 cm³/mol. The molecule has 0 aliphatic rings. The van der Waals surface area contributed by atoms with Gasteiger partial charge in [0.25, 0.3) is 0 Å². The predicted octanol–water partition coefficient (Wildman–Crippen LogP) is 3.19. The highest BCUT2D eigenvalue weighted by molar-refractivity contribution is 5.14. The summed E-state index contributed by atoms with van der Waals surface area (Å²) in [7, 11) is 0. The molecule has 0 aliphatic carbocycles. The molecular weight excluding hydrogens is 246 g/mol. The molecule has 2 rings (SSSR count). The van der Waals surface area contributed by atoms with Gasteiger partial charge >= 0.3 is 0 Å². The summed E-state index contributed by atoms with van der Waals surface area (Å²) in [5.74, 6) is 0. The summed E-state index contributed by atoms with van der Waals surface area (Å²) in [5, 5.41) is 7.89. The Bertz CT molecular complexity index is 490. The third-order valence-corrected chi connectivity index (χ3v) is 3.53. The minimum absolute atomic E-state index is 0.564. The molecule has 2 aromatic rings. The van der Waals surface area contributed by atoms with Crippen molar-refractivity contribution < 1.29 is 0 Å². The first kappa shape index (κ1) is 14.8. The first-order chi connectivity index (χ1) is 9.74. The molecule has 1 N–H and O–H groups in total. The van der Waals surface area contributed by atoms with Crippen molar-refractivity contribution in [1.29, 1.82) is 0 Å². The average molecular weight is 271 g/mol. The van der Waals surface area contributed by atoms with Gasteiger partial charge in [-0.25, -0.2) is 0 Å². The standard InChI is InChI=1S/C17H25N3/c1-15-13-19-20(14-15)12-6-11-18-16(2)9-10-17-7-4-3-5-8-17/h3-5,7-8,13-14,16,18H,6,9-12H2,1-2H3. The average Bonchev–Trinajstić information content (AvgIpc) is 2.88. The number of hydrogen-bond donors (Lipinski definition) is 1. The van der Waals surface area contributed by atoms with E-state index in [-0.39, 0.29) is 0 Å². The van der Waals surface area contributed by atoms with Crippen molar-refractivity contribution >= 4 is 0 Å². The molecule has 0 fully saturated rings. The highest BCUT2D eigenvalue weighted by Gasteiger charge is 2.02. The molecule has 3 heteroatoms. The van der Waals surface area contributed by atoms with E-state index in [1.165, 1.54) is 17.5 Å². The Labute approximate surface area is 122 Å². The van der Waals surface area contributed by atoms with Gasteiger partial charge in [0.15, 0.2) is 0 Å². The van der Waals surface area contributed by atoms with E-state index >= 15 is 0 Å². The zero-order valence-electron chi connectivity index (χ0n) is 12.5. The van der Waals surface area contributed by atoms with Crippen molar-refractivity contribution in [2.75, 3.05) is 6.54 Å². The Morgan fingerprint density at radius 1 is 1.25 bits per heavy atom. The maximum absolute atomic E-state index is 4.30. The van der Waals surface area contributed by atoms with Crippen LogP contribution in [0.15, 0.2) is 42.7 Å². The molecule has 0 saturated heterocycles. The van der Waals surface area contributed by atoms with Crippen LogP contribution in [0.3, 0.4) is 0 Å². The molecule has 0 spiro atoms. The normalized spacial score (nSPS) is 12.5. The van der Waals surface area contributed by atoms with Gasteiger partial charge in [0.05, 0.1) is 6.20 Å². The Balaban J connectivity index is 1.57. The quantitative estimate of drug-likeness (QED) is 0.747. The van der Waals surface area contributed by atoms with Crippen LogP contribution in [0.25, 0.3) is 0 Å². The highest BCUT2D eigenvalue weighted by Crippen LogP contribution is 2.04. The van der Waals surface area contributed by atoms with Crippen LogP contribution in [-0.4, -0.2) is 22.4 Å². The molecule has 1 aromatic heterocycles. The van der Waals surface area contributed by atoms with E-state index in [0.717, 1.165) is 25.9 Å². The Hall–Kier alpha value is -1.61. The topological polar surface area (TPSA) is 29.9 Å². The summed E-state index contributed by atoms with van der Waals surface area (Å²) in [5.41, 5.74) is 2.65. The second-order valence-electron chi connectivity index (χ2n) is 5.51. The minimum Gasteiger partial charge on any atom is -0.314 e. The molecule has 0 radical (unpaired) electrons. The number of hydrogen-bond acceptors (Lipinski definition) is 2. The number of aromatic nitrogens is 2. The van der Waals surface area contributed by atoms with Gasteiger partial charge in [-0.15, -0.1) is 0 Å². The van der Waals surface area contributed by atoms with Crippen LogP contribution in [0.2, 0.25) is 0 Å². The smallest absolute Gasteiger partial charge is 0.0518 e. The van der Waals surface area contributed by atoms with Crippen molar-refractivity contribution in [2.24, 2.45) is 0 Å². The zero-order chi connectivity index (χ0) is 14.2. The van der Waals surface area contributed by atoms with Crippen molar-refractivity contribution in [3.63, 3.8) is 0 Å². The SMILES string of the molecule is Cc1cnn(CCCNC(C)CCc2ccccc2)c1. The van der Waals surface area contributed by atoms with Crippen molar-refractivity contribution in [1.82, 2.24) is 15.1 Å². The summed E-state index contributed by atoms with van der Waals surface area (Å²) in [6.07, 6.45) is 7.46. The summed E-state index contributed by atoms with van der Waals surface area (Å²) >= 11 is 0. The van der Waals surface area contributed by atoms with Gasteiger partial charge in [0, 0.05) is 18.8 Å². The van der Waals surface area contributed by atoms with E-state index in [1.807, 2.05) is 10.9 Å². The van der Waals surface area contributed by atoms with Gasteiger partial charge < -0.3 is 5.32 Å². The van der Waals surface area contributed by atoms with Crippen LogP contribution in [0.4, 0.5) is 0 Å². The van der Waals surface area contributed by atoms with Crippen LogP contribution in [0.1, 0.15) is 30.9 Å². The van der Waals surface area contributed by atoms with Gasteiger partial charge in [0.1, 0.15) is 0 Å². The van der Waals surface area contributed by atoms with Crippen molar-refractivity contribution in [3.05, 3.63) is 53.9 Å². The van der Waals surface area contributed by atoms with Crippen molar-refractivity contribution in [3.8, 4) is 0 Å². The molecule has 0 aliphatic heterocycles. The molecule has 0 saturated carbocycles. The third kappa shape index (κ3) is 5.17. The highest BCUT2D eigenvalue weighted by atomic mass is 15.3. The van der Waals surface area contributed by atoms with E-state index in [0.29, 0.717) is 6.04 Å². The zero-order valence-corrected chi connectivity index (χ0v) is 12.5. The summed E-state index contributed by atoms with van der Waals surface area (Å²) in [6, 6.07) is 11.3. The number of rotatable bonds is 8. The lowest BCUT2D eigenvalue weighted by atomic mass is 10.1. The number of nitrogens with zero attached hydrogens (tertiary/aromatic N) is 2. The van der Waals surface area contributed by atoms with Gasteiger partial charge in [-0.1, -0.05) is 30.3 Å². The van der Waals surface area contributed by atoms with E-state index in [9.17, 15) is 0 Å². The molecule has 3 nitrogen and oxygen atoms in total. The number of benzene rings is 1. The summed E-state index contributed by atoms with van der Waals surface area (Å²) < 4.78 is 2.02. The van der Waals surface area contributed by atoms with Gasteiger partial charge in [-0.3, -0.25) is 4.68 Å². The second-order valence-corrected chi connectivity index (χ2v) is 5.51. The first-order valence-electron chi connectivity index (χ1n) is 7.50. The van der Waals surface area contributed by atoms with E-state index in [2.05, 4.69) is 60.8 Å². The Morgan fingerprint density at radius 3 is 2.75 bits per heavy atom. The van der Waals surface area contributed by atoms with Crippen molar-refractivity contribution in [2.45, 2.75) is 45.7 Å². The number of nitrogens with one attached hydrogen (secondary N) is 1. The van der Waals surface area contributed by atoms with E-state index in [1.54, 1.807) is 0 Å².